The summed E-state index contributed by atoms with van der Waals surface area (Å²) in [4.78, 5) is -0.313. The van der Waals surface area contributed by atoms with Crippen LogP contribution in [-0.2, 0) is 16.6 Å². The molecule has 9 heteroatoms. The lowest BCUT2D eigenvalue weighted by Gasteiger charge is -2.15. The molecule has 126 valence electrons. The lowest BCUT2D eigenvalue weighted by Crippen LogP contribution is -2.30. The molecule has 1 atom stereocenters. The van der Waals surface area contributed by atoms with E-state index in [2.05, 4.69) is 14.6 Å². The number of ether oxygens (including phenoxy) is 1. The molecule has 0 fully saturated rings. The molecule has 0 radical (unpaired) electrons. The van der Waals surface area contributed by atoms with E-state index in [4.69, 9.17) is 0 Å². The molecule has 2 rings (SSSR count). The molecule has 0 saturated heterocycles. The molecule has 0 bridgehead atoms. The van der Waals surface area contributed by atoms with Crippen LogP contribution in [0.15, 0.2) is 47.6 Å². The topological polar surface area (TPSA) is 73.2 Å². The SMILES string of the molecule is C[C@H](CNS(=O)(=O)c1ccccc1OC(F)F)Cn1cccn1. The number of nitrogens with one attached hydrogen (secondary N) is 1. The number of halogens is 2. The largest absolute Gasteiger partial charge is 0.433 e. The minimum atomic E-state index is -3.95. The molecule has 23 heavy (non-hydrogen) atoms. The zero-order valence-electron chi connectivity index (χ0n) is 12.4. The summed E-state index contributed by atoms with van der Waals surface area (Å²) in [5.41, 5.74) is 0. The van der Waals surface area contributed by atoms with Crippen molar-refractivity contribution in [2.24, 2.45) is 5.92 Å². The summed E-state index contributed by atoms with van der Waals surface area (Å²) in [7, 11) is -3.95. The van der Waals surface area contributed by atoms with Crippen LogP contribution in [-0.4, -0.2) is 31.4 Å². The van der Waals surface area contributed by atoms with Crippen LogP contribution in [0.5, 0.6) is 5.75 Å². The van der Waals surface area contributed by atoms with Gasteiger partial charge in [-0.05, 0) is 24.1 Å². The Morgan fingerprint density at radius 1 is 1.30 bits per heavy atom. The average Bonchev–Trinajstić information content (AvgIpc) is 2.98. The molecule has 1 heterocycles. The molecule has 1 N–H and O–H groups in total. The van der Waals surface area contributed by atoms with Crippen LogP contribution in [0.25, 0.3) is 0 Å². The number of benzene rings is 1. The Bertz CT molecular complexity index is 721. The summed E-state index contributed by atoms with van der Waals surface area (Å²) in [6.45, 7) is -0.563. The van der Waals surface area contributed by atoms with E-state index in [1.807, 2.05) is 6.92 Å². The van der Waals surface area contributed by atoms with Crippen LogP contribution in [0, 0.1) is 5.92 Å². The minimum absolute atomic E-state index is 0.0344. The molecule has 0 aliphatic rings. The van der Waals surface area contributed by atoms with Gasteiger partial charge in [-0.2, -0.15) is 13.9 Å². The van der Waals surface area contributed by atoms with Gasteiger partial charge in [0.2, 0.25) is 10.0 Å². The van der Waals surface area contributed by atoms with Crippen LogP contribution < -0.4 is 9.46 Å². The Morgan fingerprint density at radius 3 is 2.70 bits per heavy atom. The number of sulfonamides is 1. The summed E-state index contributed by atoms with van der Waals surface area (Å²) in [5.74, 6) is -0.414. The Morgan fingerprint density at radius 2 is 2.04 bits per heavy atom. The van der Waals surface area contributed by atoms with Crippen molar-refractivity contribution in [1.29, 1.82) is 0 Å². The average molecular weight is 345 g/mol. The molecule has 0 amide bonds. The number of alkyl halides is 2. The molecule has 0 spiro atoms. The molecule has 0 aliphatic heterocycles. The maximum absolute atomic E-state index is 12.4. The molecule has 1 aromatic heterocycles. The van der Waals surface area contributed by atoms with Gasteiger partial charge in [0.05, 0.1) is 0 Å². The Hall–Kier alpha value is -2.00. The number of nitrogens with zero attached hydrogens (tertiary/aromatic N) is 2. The second kappa shape index (κ2) is 7.51. The lowest BCUT2D eigenvalue weighted by molar-refractivity contribution is -0.0517. The van der Waals surface area contributed by atoms with Crippen molar-refractivity contribution in [1.82, 2.24) is 14.5 Å². The first-order valence-corrected chi connectivity index (χ1v) is 8.38. The monoisotopic (exact) mass is 345 g/mol. The van der Waals surface area contributed by atoms with Gasteiger partial charge < -0.3 is 4.74 Å². The normalized spacial score (nSPS) is 13.2. The van der Waals surface area contributed by atoms with Crippen molar-refractivity contribution >= 4 is 10.0 Å². The molecule has 2 aromatic rings. The number of aromatic nitrogens is 2. The quantitative estimate of drug-likeness (QED) is 0.795. The number of hydrogen-bond acceptors (Lipinski definition) is 4. The van der Waals surface area contributed by atoms with E-state index in [0.717, 1.165) is 0 Å². The predicted molar refractivity (Wildman–Crippen MR) is 79.7 cm³/mol. The third-order valence-electron chi connectivity index (χ3n) is 3.03. The zero-order valence-corrected chi connectivity index (χ0v) is 13.2. The lowest BCUT2D eigenvalue weighted by atomic mass is 10.2. The van der Waals surface area contributed by atoms with E-state index >= 15 is 0 Å². The van der Waals surface area contributed by atoms with Gasteiger partial charge in [-0.25, -0.2) is 13.1 Å². The Kier molecular flexibility index (Phi) is 5.67. The Labute approximate surface area is 133 Å². The minimum Gasteiger partial charge on any atom is -0.433 e. The first kappa shape index (κ1) is 17.4. The highest BCUT2D eigenvalue weighted by molar-refractivity contribution is 7.89. The van der Waals surface area contributed by atoms with Crippen LogP contribution in [0.1, 0.15) is 6.92 Å². The molecule has 0 aliphatic carbocycles. The second-order valence-electron chi connectivity index (χ2n) is 5.01. The molecule has 0 unspecified atom stereocenters. The van der Waals surface area contributed by atoms with Crippen LogP contribution in [0.3, 0.4) is 0 Å². The van der Waals surface area contributed by atoms with E-state index in [9.17, 15) is 17.2 Å². The predicted octanol–water partition coefficient (Wildman–Crippen LogP) is 2.10. The van der Waals surface area contributed by atoms with Crippen molar-refractivity contribution in [2.75, 3.05) is 6.54 Å². The second-order valence-corrected chi connectivity index (χ2v) is 6.75. The van der Waals surface area contributed by atoms with Gasteiger partial charge in [-0.15, -0.1) is 0 Å². The maximum atomic E-state index is 12.4. The van der Waals surface area contributed by atoms with E-state index in [-0.39, 0.29) is 23.1 Å². The van der Waals surface area contributed by atoms with Crippen LogP contribution in [0.2, 0.25) is 0 Å². The highest BCUT2D eigenvalue weighted by atomic mass is 32.2. The summed E-state index contributed by atoms with van der Waals surface area (Å²) < 4.78 is 57.7. The van der Waals surface area contributed by atoms with Crippen LogP contribution in [0.4, 0.5) is 8.78 Å². The smallest absolute Gasteiger partial charge is 0.387 e. The number of rotatable bonds is 8. The maximum Gasteiger partial charge on any atom is 0.387 e. The van der Waals surface area contributed by atoms with Crippen molar-refractivity contribution in [3.63, 3.8) is 0 Å². The third kappa shape index (κ3) is 5.00. The van der Waals surface area contributed by atoms with Gasteiger partial charge in [0.1, 0.15) is 10.6 Å². The van der Waals surface area contributed by atoms with Crippen molar-refractivity contribution in [3.05, 3.63) is 42.7 Å². The zero-order chi connectivity index (χ0) is 16.9. The summed E-state index contributed by atoms with van der Waals surface area (Å²) in [5, 5.41) is 4.04. The van der Waals surface area contributed by atoms with Gasteiger partial charge in [0.15, 0.2) is 0 Å². The van der Waals surface area contributed by atoms with E-state index in [1.54, 1.807) is 23.1 Å². The van der Waals surface area contributed by atoms with Crippen molar-refractivity contribution in [2.45, 2.75) is 25.0 Å². The van der Waals surface area contributed by atoms with E-state index < -0.39 is 16.6 Å². The van der Waals surface area contributed by atoms with E-state index in [1.165, 1.54) is 24.3 Å². The first-order valence-electron chi connectivity index (χ1n) is 6.89. The fourth-order valence-corrected chi connectivity index (χ4v) is 3.29. The standard InChI is InChI=1S/C14H17F2N3O3S/c1-11(10-19-8-4-7-17-19)9-18-23(20,21)13-6-3-2-5-12(13)22-14(15)16/h2-8,11,14,18H,9-10H2,1H3/t11-/m1/s1. The molecule has 6 nitrogen and oxygen atoms in total. The van der Waals surface area contributed by atoms with Gasteiger partial charge >= 0.3 is 6.61 Å². The highest BCUT2D eigenvalue weighted by Crippen LogP contribution is 2.24. The molecule has 0 saturated carbocycles. The van der Waals surface area contributed by atoms with E-state index in [0.29, 0.717) is 6.54 Å². The highest BCUT2D eigenvalue weighted by Gasteiger charge is 2.21. The first-order chi connectivity index (χ1) is 10.9. The van der Waals surface area contributed by atoms with Gasteiger partial charge in [-0.1, -0.05) is 19.1 Å². The summed E-state index contributed by atoms with van der Waals surface area (Å²) >= 11 is 0. The fraction of sp³-hybridized carbons (Fsp3) is 0.357. The molecular weight excluding hydrogens is 328 g/mol. The Balaban J connectivity index is 2.04. The van der Waals surface area contributed by atoms with Crippen molar-refractivity contribution in [3.8, 4) is 5.75 Å². The number of para-hydroxylation sites is 1. The van der Waals surface area contributed by atoms with Gasteiger partial charge in [-0.3, -0.25) is 4.68 Å². The fourth-order valence-electron chi connectivity index (χ4n) is 1.99. The number of hydrogen-bond donors (Lipinski definition) is 1. The van der Waals surface area contributed by atoms with Crippen LogP contribution >= 0.6 is 0 Å². The van der Waals surface area contributed by atoms with Crippen molar-refractivity contribution < 1.29 is 21.9 Å². The van der Waals surface area contributed by atoms with Gasteiger partial charge in [0, 0.05) is 25.5 Å². The summed E-state index contributed by atoms with van der Waals surface area (Å²) in [6.07, 6.45) is 3.41. The third-order valence-corrected chi connectivity index (χ3v) is 4.50. The molecule has 1 aromatic carbocycles. The summed E-state index contributed by atoms with van der Waals surface area (Å²) in [6, 6.07) is 7.05. The molecular formula is C14H17F2N3O3S. The van der Waals surface area contributed by atoms with Gasteiger partial charge in [0.25, 0.3) is 0 Å².